The molecule has 1 aromatic heterocycles. The van der Waals surface area contributed by atoms with E-state index in [1.807, 2.05) is 44.9 Å². The largest absolute Gasteiger partial charge is 0.354 e. The topological polar surface area (TPSA) is 37.3 Å². The van der Waals surface area contributed by atoms with E-state index in [0.717, 1.165) is 11.3 Å². The van der Waals surface area contributed by atoms with Crippen LogP contribution in [-0.2, 0) is 7.05 Å². The van der Waals surface area contributed by atoms with Crippen molar-refractivity contribution in [2.45, 2.75) is 19.9 Å². The maximum Gasteiger partial charge on any atom is 0.253 e. The lowest BCUT2D eigenvalue weighted by Crippen LogP contribution is -2.34. The van der Waals surface area contributed by atoms with Crippen LogP contribution in [-0.4, -0.2) is 36.0 Å². The van der Waals surface area contributed by atoms with E-state index in [1.54, 1.807) is 0 Å². The van der Waals surface area contributed by atoms with Crippen molar-refractivity contribution in [1.29, 1.82) is 0 Å². The summed E-state index contributed by atoms with van der Waals surface area (Å²) in [5.41, 5.74) is 4.17. The summed E-state index contributed by atoms with van der Waals surface area (Å²) in [5.74, 6) is -0.0166. The number of hydrogen-bond acceptors (Lipinski definition) is 2. The minimum absolute atomic E-state index is 0.0166. The Labute approximate surface area is 132 Å². The number of carbonyl (C=O) groups is 1. The summed E-state index contributed by atoms with van der Waals surface area (Å²) in [6, 6.07) is 10.5. The molecule has 1 atom stereocenters. The van der Waals surface area contributed by atoms with Crippen LogP contribution in [0, 0.1) is 13.8 Å². The molecule has 22 heavy (non-hydrogen) atoms. The molecule has 1 amide bonds. The van der Waals surface area contributed by atoms with Crippen LogP contribution in [0.5, 0.6) is 0 Å². The maximum atomic E-state index is 12.3. The van der Waals surface area contributed by atoms with Gasteiger partial charge in [0.1, 0.15) is 0 Å². The van der Waals surface area contributed by atoms with Gasteiger partial charge in [-0.2, -0.15) is 0 Å². The summed E-state index contributed by atoms with van der Waals surface area (Å²) in [6.07, 6.45) is 1.91. The van der Waals surface area contributed by atoms with Crippen molar-refractivity contribution in [3.05, 3.63) is 58.9 Å². The fourth-order valence-electron chi connectivity index (χ4n) is 2.52. The van der Waals surface area contributed by atoms with E-state index in [-0.39, 0.29) is 11.9 Å². The first-order chi connectivity index (χ1) is 10.4. The molecule has 2 aromatic rings. The van der Waals surface area contributed by atoms with Gasteiger partial charge in [-0.3, -0.25) is 4.79 Å². The van der Waals surface area contributed by atoms with Crippen molar-refractivity contribution < 1.29 is 4.79 Å². The number of carbonyl (C=O) groups excluding carboxylic acids is 1. The number of rotatable bonds is 5. The van der Waals surface area contributed by atoms with E-state index in [4.69, 9.17) is 0 Å². The van der Waals surface area contributed by atoms with Gasteiger partial charge in [0, 0.05) is 25.5 Å². The SMILES string of the molecule is Cc1ccc(C(CNC(=O)c2ccn(C)c2C)N(C)C)cc1. The predicted molar refractivity (Wildman–Crippen MR) is 90.1 cm³/mol. The first-order valence-electron chi connectivity index (χ1n) is 7.53. The molecule has 118 valence electrons. The average molecular weight is 299 g/mol. The molecule has 0 aliphatic carbocycles. The van der Waals surface area contributed by atoms with Crippen molar-refractivity contribution in [2.75, 3.05) is 20.6 Å². The van der Waals surface area contributed by atoms with Gasteiger partial charge in [-0.15, -0.1) is 0 Å². The van der Waals surface area contributed by atoms with Crippen LogP contribution in [0.1, 0.15) is 33.2 Å². The van der Waals surface area contributed by atoms with Crippen LogP contribution < -0.4 is 5.32 Å². The highest BCUT2D eigenvalue weighted by atomic mass is 16.1. The third kappa shape index (κ3) is 3.57. The van der Waals surface area contributed by atoms with Crippen LogP contribution in [0.3, 0.4) is 0 Å². The molecule has 2 rings (SSSR count). The quantitative estimate of drug-likeness (QED) is 0.921. The van der Waals surface area contributed by atoms with Gasteiger partial charge in [-0.05, 0) is 39.6 Å². The molecule has 1 heterocycles. The Morgan fingerprint density at radius 3 is 2.32 bits per heavy atom. The summed E-state index contributed by atoms with van der Waals surface area (Å²) < 4.78 is 1.96. The van der Waals surface area contributed by atoms with Crippen molar-refractivity contribution in [1.82, 2.24) is 14.8 Å². The first-order valence-corrected chi connectivity index (χ1v) is 7.53. The Morgan fingerprint density at radius 1 is 1.18 bits per heavy atom. The summed E-state index contributed by atoms with van der Waals surface area (Å²) in [4.78, 5) is 14.5. The Balaban J connectivity index is 2.08. The molecular formula is C18H25N3O. The highest BCUT2D eigenvalue weighted by Crippen LogP contribution is 2.18. The highest BCUT2D eigenvalue weighted by molar-refractivity contribution is 5.95. The smallest absolute Gasteiger partial charge is 0.253 e. The lowest BCUT2D eigenvalue weighted by atomic mass is 10.0. The molecule has 1 aromatic carbocycles. The molecule has 4 heteroatoms. The lowest BCUT2D eigenvalue weighted by Gasteiger charge is -2.25. The van der Waals surface area contributed by atoms with E-state index in [2.05, 4.69) is 41.4 Å². The number of hydrogen-bond donors (Lipinski definition) is 1. The molecule has 1 unspecified atom stereocenters. The zero-order chi connectivity index (χ0) is 16.3. The van der Waals surface area contributed by atoms with Gasteiger partial charge >= 0.3 is 0 Å². The fraction of sp³-hybridized carbons (Fsp3) is 0.389. The van der Waals surface area contributed by atoms with E-state index >= 15 is 0 Å². The molecular weight excluding hydrogens is 274 g/mol. The molecule has 0 spiro atoms. The van der Waals surface area contributed by atoms with Gasteiger partial charge in [0.05, 0.1) is 11.6 Å². The summed E-state index contributed by atoms with van der Waals surface area (Å²) in [7, 11) is 6.01. The fourth-order valence-corrected chi connectivity index (χ4v) is 2.52. The molecule has 4 nitrogen and oxygen atoms in total. The second kappa shape index (κ2) is 6.79. The summed E-state index contributed by atoms with van der Waals surface area (Å²) >= 11 is 0. The molecule has 0 bridgehead atoms. The third-order valence-corrected chi connectivity index (χ3v) is 4.17. The van der Waals surface area contributed by atoms with E-state index in [0.29, 0.717) is 6.54 Å². The van der Waals surface area contributed by atoms with Crippen molar-refractivity contribution in [2.24, 2.45) is 7.05 Å². The Kier molecular flexibility index (Phi) is 5.03. The molecule has 0 fully saturated rings. The second-order valence-corrected chi connectivity index (χ2v) is 6.03. The van der Waals surface area contributed by atoms with Crippen LogP contribution >= 0.6 is 0 Å². The minimum Gasteiger partial charge on any atom is -0.354 e. The lowest BCUT2D eigenvalue weighted by molar-refractivity contribution is 0.0941. The Bertz CT molecular complexity index is 641. The molecule has 0 aliphatic heterocycles. The number of likely N-dealkylation sites (N-methyl/N-ethyl adjacent to an activating group) is 1. The number of aryl methyl sites for hydroxylation is 2. The Morgan fingerprint density at radius 2 is 1.82 bits per heavy atom. The van der Waals surface area contributed by atoms with Gasteiger partial charge in [-0.25, -0.2) is 0 Å². The number of aromatic nitrogens is 1. The molecule has 1 N–H and O–H groups in total. The van der Waals surface area contributed by atoms with Crippen LogP contribution in [0.4, 0.5) is 0 Å². The van der Waals surface area contributed by atoms with Crippen molar-refractivity contribution >= 4 is 5.91 Å². The molecule has 0 saturated heterocycles. The van der Waals surface area contributed by atoms with Gasteiger partial charge in [-0.1, -0.05) is 29.8 Å². The van der Waals surface area contributed by atoms with Gasteiger partial charge < -0.3 is 14.8 Å². The summed E-state index contributed by atoms with van der Waals surface area (Å²) in [5, 5.41) is 3.05. The highest BCUT2D eigenvalue weighted by Gasteiger charge is 2.17. The number of nitrogens with zero attached hydrogens (tertiary/aromatic N) is 2. The van der Waals surface area contributed by atoms with Gasteiger partial charge in [0.25, 0.3) is 5.91 Å². The minimum atomic E-state index is -0.0166. The summed E-state index contributed by atoms with van der Waals surface area (Å²) in [6.45, 7) is 4.62. The second-order valence-electron chi connectivity index (χ2n) is 6.03. The number of nitrogens with one attached hydrogen (secondary N) is 1. The Hall–Kier alpha value is -2.07. The zero-order valence-corrected chi connectivity index (χ0v) is 14.1. The number of benzene rings is 1. The van der Waals surface area contributed by atoms with Gasteiger partial charge in [0.2, 0.25) is 0 Å². The third-order valence-electron chi connectivity index (χ3n) is 4.17. The predicted octanol–water partition coefficient (Wildman–Crippen LogP) is 2.67. The van der Waals surface area contributed by atoms with Crippen LogP contribution in [0.25, 0.3) is 0 Å². The first kappa shape index (κ1) is 16.3. The van der Waals surface area contributed by atoms with Crippen molar-refractivity contribution in [3.8, 4) is 0 Å². The van der Waals surface area contributed by atoms with E-state index in [9.17, 15) is 4.79 Å². The van der Waals surface area contributed by atoms with Crippen molar-refractivity contribution in [3.63, 3.8) is 0 Å². The van der Waals surface area contributed by atoms with Crippen LogP contribution in [0.15, 0.2) is 36.5 Å². The normalized spacial score (nSPS) is 12.5. The monoisotopic (exact) mass is 299 g/mol. The maximum absolute atomic E-state index is 12.3. The zero-order valence-electron chi connectivity index (χ0n) is 14.1. The van der Waals surface area contributed by atoms with E-state index in [1.165, 1.54) is 11.1 Å². The standard InChI is InChI=1S/C18H25N3O/c1-13-6-8-15(9-7-13)17(20(3)4)12-19-18(22)16-10-11-21(5)14(16)2/h6-11,17H,12H2,1-5H3,(H,19,22). The average Bonchev–Trinajstić information content (AvgIpc) is 2.80. The molecule has 0 aliphatic rings. The molecule has 0 radical (unpaired) electrons. The van der Waals surface area contributed by atoms with Crippen LogP contribution in [0.2, 0.25) is 0 Å². The molecule has 0 saturated carbocycles. The van der Waals surface area contributed by atoms with E-state index < -0.39 is 0 Å². The van der Waals surface area contributed by atoms with Gasteiger partial charge in [0.15, 0.2) is 0 Å². The number of amides is 1.